The number of aliphatic hydroxyl groups is 1. The topological polar surface area (TPSA) is 29.5 Å². The van der Waals surface area contributed by atoms with Gasteiger partial charge in [0.25, 0.3) is 0 Å². The van der Waals surface area contributed by atoms with Gasteiger partial charge in [-0.2, -0.15) is 0 Å². The molecule has 0 aromatic heterocycles. The summed E-state index contributed by atoms with van der Waals surface area (Å²) in [5.74, 6) is 0.733. The van der Waals surface area contributed by atoms with Crippen molar-refractivity contribution in [3.63, 3.8) is 0 Å². The minimum atomic E-state index is 0.207. The van der Waals surface area contributed by atoms with Crippen molar-refractivity contribution in [3.8, 4) is 5.75 Å². The van der Waals surface area contributed by atoms with E-state index in [4.69, 9.17) is 21.4 Å². The molecule has 4 heteroatoms. The van der Waals surface area contributed by atoms with E-state index < -0.39 is 0 Å². The Morgan fingerprint density at radius 1 is 1.47 bits per heavy atom. The lowest BCUT2D eigenvalue weighted by Gasteiger charge is -2.10. The van der Waals surface area contributed by atoms with Crippen molar-refractivity contribution < 1.29 is 9.84 Å². The summed E-state index contributed by atoms with van der Waals surface area (Å²) >= 11 is 7.70. The molecule has 1 rings (SSSR count). The van der Waals surface area contributed by atoms with Crippen LogP contribution in [0.5, 0.6) is 5.75 Å². The first-order valence-corrected chi connectivity index (χ1v) is 6.34. The third-order valence-electron chi connectivity index (χ3n) is 2.12. The molecule has 0 radical (unpaired) electrons. The van der Waals surface area contributed by atoms with Crippen molar-refractivity contribution in [2.75, 3.05) is 20.0 Å². The largest absolute Gasteiger partial charge is 0.494 e. The number of ether oxygens (including phenoxy) is 1. The lowest BCUT2D eigenvalue weighted by Crippen LogP contribution is -1.93. The van der Waals surface area contributed by atoms with E-state index in [9.17, 15) is 0 Å². The maximum absolute atomic E-state index is 8.76. The lowest BCUT2D eigenvalue weighted by atomic mass is 10.1. The number of hydrogen-bond donors (Lipinski definition) is 1. The fourth-order valence-electron chi connectivity index (χ4n) is 1.40. The Kier molecular flexibility index (Phi) is 5.29. The van der Waals surface area contributed by atoms with E-state index in [1.165, 1.54) is 0 Å². The molecule has 84 valence electrons. The zero-order chi connectivity index (χ0) is 11.3. The van der Waals surface area contributed by atoms with Gasteiger partial charge in [0, 0.05) is 6.61 Å². The summed E-state index contributed by atoms with van der Waals surface area (Å²) in [5.41, 5.74) is 1.14. The quantitative estimate of drug-likeness (QED) is 0.810. The van der Waals surface area contributed by atoms with Gasteiger partial charge in [0.2, 0.25) is 0 Å². The van der Waals surface area contributed by atoms with Crippen molar-refractivity contribution in [2.24, 2.45) is 0 Å². The monoisotopic (exact) mass is 246 g/mol. The van der Waals surface area contributed by atoms with E-state index in [1.54, 1.807) is 18.9 Å². The summed E-state index contributed by atoms with van der Waals surface area (Å²) in [5, 5.41) is 9.40. The number of aryl methyl sites for hydroxylation is 1. The van der Waals surface area contributed by atoms with Gasteiger partial charge in [-0.25, -0.2) is 0 Å². The minimum absolute atomic E-state index is 0.207. The maximum atomic E-state index is 8.76. The van der Waals surface area contributed by atoms with Crippen molar-refractivity contribution in [1.29, 1.82) is 0 Å². The second-order valence-electron chi connectivity index (χ2n) is 3.14. The Balaban J connectivity index is 2.97. The maximum Gasteiger partial charge on any atom is 0.150 e. The Hall–Kier alpha value is -0.380. The van der Waals surface area contributed by atoms with Crippen LogP contribution in [-0.2, 0) is 6.42 Å². The highest BCUT2D eigenvalue weighted by Crippen LogP contribution is 2.36. The highest BCUT2D eigenvalue weighted by Gasteiger charge is 2.09. The molecule has 0 atom stereocenters. The molecule has 15 heavy (non-hydrogen) atoms. The second kappa shape index (κ2) is 6.26. The predicted octanol–water partition coefficient (Wildman–Crippen LogP) is 3.00. The van der Waals surface area contributed by atoms with Gasteiger partial charge in [0.1, 0.15) is 0 Å². The molecule has 0 heterocycles. The van der Waals surface area contributed by atoms with Crippen molar-refractivity contribution in [3.05, 3.63) is 22.7 Å². The number of rotatable bonds is 5. The molecule has 0 saturated heterocycles. The third-order valence-corrected chi connectivity index (χ3v) is 3.14. The van der Waals surface area contributed by atoms with Gasteiger partial charge < -0.3 is 9.84 Å². The molecule has 1 aromatic rings. The van der Waals surface area contributed by atoms with E-state index in [0.717, 1.165) is 29.1 Å². The first kappa shape index (κ1) is 12.7. The van der Waals surface area contributed by atoms with Crippen LogP contribution in [0, 0.1) is 0 Å². The summed E-state index contributed by atoms with van der Waals surface area (Å²) in [6, 6.07) is 3.96. The molecule has 1 N–H and O–H groups in total. The number of halogens is 1. The van der Waals surface area contributed by atoms with Crippen LogP contribution < -0.4 is 4.74 Å². The normalized spacial score (nSPS) is 10.4. The highest BCUT2D eigenvalue weighted by atomic mass is 35.5. The predicted molar refractivity (Wildman–Crippen MR) is 65.2 cm³/mol. The molecule has 2 nitrogen and oxygen atoms in total. The van der Waals surface area contributed by atoms with E-state index in [0.29, 0.717) is 5.02 Å². The molecular weight excluding hydrogens is 232 g/mol. The molecule has 0 saturated carbocycles. The van der Waals surface area contributed by atoms with Gasteiger partial charge >= 0.3 is 0 Å². The number of methoxy groups -OCH3 is 1. The van der Waals surface area contributed by atoms with Crippen LogP contribution in [0.1, 0.15) is 12.0 Å². The number of benzene rings is 1. The van der Waals surface area contributed by atoms with E-state index in [2.05, 4.69) is 6.07 Å². The third kappa shape index (κ3) is 3.30. The standard InChI is InChI=1S/C11H15ClO2S/c1-14-11-9(12)6-8(4-3-5-13)7-10(11)15-2/h6-7,13H,3-5H2,1-2H3. The molecule has 0 aliphatic rings. The van der Waals surface area contributed by atoms with Crippen LogP contribution in [0.3, 0.4) is 0 Å². The molecular formula is C11H15ClO2S. The molecule has 0 fully saturated rings. The molecule has 0 aliphatic carbocycles. The molecule has 0 amide bonds. The zero-order valence-corrected chi connectivity index (χ0v) is 10.5. The molecule has 0 bridgehead atoms. The molecule has 1 aromatic carbocycles. The van der Waals surface area contributed by atoms with E-state index in [-0.39, 0.29) is 6.61 Å². The Labute approximate surface area is 99.6 Å². The molecule has 0 unspecified atom stereocenters. The number of thioether (sulfide) groups is 1. The minimum Gasteiger partial charge on any atom is -0.494 e. The summed E-state index contributed by atoms with van der Waals surface area (Å²) < 4.78 is 5.22. The van der Waals surface area contributed by atoms with Crippen LogP contribution in [-0.4, -0.2) is 25.1 Å². The van der Waals surface area contributed by atoms with Crippen molar-refractivity contribution in [1.82, 2.24) is 0 Å². The van der Waals surface area contributed by atoms with Crippen LogP contribution in [0.25, 0.3) is 0 Å². The van der Waals surface area contributed by atoms with Gasteiger partial charge in [-0.05, 0) is 36.8 Å². The summed E-state index contributed by atoms with van der Waals surface area (Å²) in [6.07, 6.45) is 3.59. The molecule has 0 spiro atoms. The van der Waals surface area contributed by atoms with Crippen LogP contribution in [0.4, 0.5) is 0 Å². The summed E-state index contributed by atoms with van der Waals surface area (Å²) in [4.78, 5) is 1.04. The first-order valence-electron chi connectivity index (χ1n) is 4.74. The Morgan fingerprint density at radius 3 is 2.73 bits per heavy atom. The second-order valence-corrected chi connectivity index (χ2v) is 4.40. The van der Waals surface area contributed by atoms with Crippen LogP contribution >= 0.6 is 23.4 Å². The Bertz CT molecular complexity index is 329. The van der Waals surface area contributed by atoms with Gasteiger partial charge in [0.05, 0.1) is 17.0 Å². The van der Waals surface area contributed by atoms with Gasteiger partial charge in [0.15, 0.2) is 5.75 Å². The fourth-order valence-corrected chi connectivity index (χ4v) is 2.42. The average Bonchev–Trinajstić information content (AvgIpc) is 2.25. The number of hydrogen-bond acceptors (Lipinski definition) is 3. The average molecular weight is 247 g/mol. The van der Waals surface area contributed by atoms with E-state index >= 15 is 0 Å². The zero-order valence-electron chi connectivity index (χ0n) is 8.92. The highest BCUT2D eigenvalue weighted by molar-refractivity contribution is 7.98. The summed E-state index contributed by atoms with van der Waals surface area (Å²) in [6.45, 7) is 0.207. The SMILES string of the molecule is COc1c(Cl)cc(CCCO)cc1SC. The van der Waals surface area contributed by atoms with Crippen molar-refractivity contribution in [2.45, 2.75) is 17.7 Å². The van der Waals surface area contributed by atoms with Crippen LogP contribution in [0.15, 0.2) is 17.0 Å². The van der Waals surface area contributed by atoms with Gasteiger partial charge in [-0.3, -0.25) is 0 Å². The van der Waals surface area contributed by atoms with Crippen LogP contribution in [0.2, 0.25) is 5.02 Å². The van der Waals surface area contributed by atoms with Crippen molar-refractivity contribution >= 4 is 23.4 Å². The molecule has 0 aliphatic heterocycles. The van der Waals surface area contributed by atoms with Gasteiger partial charge in [-0.15, -0.1) is 11.8 Å². The summed E-state index contributed by atoms with van der Waals surface area (Å²) in [7, 11) is 1.62. The lowest BCUT2D eigenvalue weighted by molar-refractivity contribution is 0.288. The van der Waals surface area contributed by atoms with Gasteiger partial charge in [-0.1, -0.05) is 11.6 Å². The smallest absolute Gasteiger partial charge is 0.150 e. The van der Waals surface area contributed by atoms with E-state index in [1.807, 2.05) is 12.3 Å². The Morgan fingerprint density at radius 2 is 2.20 bits per heavy atom. The first-order chi connectivity index (χ1) is 7.22. The fraction of sp³-hybridized carbons (Fsp3) is 0.455. The number of aliphatic hydroxyl groups excluding tert-OH is 1.